The number of aromatic nitrogens is 1. The van der Waals surface area contributed by atoms with Gasteiger partial charge >= 0.3 is 6.61 Å². The minimum Gasteiger partial charge on any atom is -0.435 e. The van der Waals surface area contributed by atoms with Crippen molar-refractivity contribution in [2.45, 2.75) is 43.7 Å². The van der Waals surface area contributed by atoms with Gasteiger partial charge in [0.05, 0.1) is 17.1 Å². The van der Waals surface area contributed by atoms with E-state index in [2.05, 4.69) is 4.74 Å². The highest BCUT2D eigenvalue weighted by Crippen LogP contribution is 2.40. The van der Waals surface area contributed by atoms with Crippen molar-refractivity contribution in [3.63, 3.8) is 0 Å². The number of nitrogens with zero attached hydrogens (tertiary/aromatic N) is 1. The van der Waals surface area contributed by atoms with Gasteiger partial charge in [0, 0.05) is 23.7 Å². The smallest absolute Gasteiger partial charge is 0.387 e. The summed E-state index contributed by atoms with van der Waals surface area (Å²) in [5.41, 5.74) is 0.986. The molecule has 0 spiro atoms. The summed E-state index contributed by atoms with van der Waals surface area (Å²) in [7, 11) is 0. The molecule has 1 aliphatic heterocycles. The highest BCUT2D eigenvalue weighted by Gasteiger charge is 2.45. The van der Waals surface area contributed by atoms with Crippen LogP contribution in [0.25, 0.3) is 10.9 Å². The molecule has 0 unspecified atom stereocenters. The fourth-order valence-electron chi connectivity index (χ4n) is 4.07. The van der Waals surface area contributed by atoms with Gasteiger partial charge in [0.25, 0.3) is 0 Å². The van der Waals surface area contributed by atoms with Gasteiger partial charge in [-0.2, -0.15) is 8.78 Å². The lowest BCUT2D eigenvalue weighted by Gasteiger charge is -2.40. The number of aliphatic hydroxyl groups excluding tert-OH is 4. The topological polar surface area (TPSA) is 104 Å². The van der Waals surface area contributed by atoms with E-state index in [0.29, 0.717) is 5.56 Å². The summed E-state index contributed by atoms with van der Waals surface area (Å²) in [5, 5.41) is 40.7. The van der Waals surface area contributed by atoms with E-state index >= 15 is 0 Å². The number of benzene rings is 2. The maximum atomic E-state index is 14.9. The molecule has 3 aromatic rings. The van der Waals surface area contributed by atoms with Crippen LogP contribution in [-0.2, 0) is 11.3 Å². The Morgan fingerprint density at radius 2 is 1.73 bits per heavy atom. The van der Waals surface area contributed by atoms with E-state index in [-0.39, 0.29) is 33.8 Å². The predicted molar refractivity (Wildman–Crippen MR) is 112 cm³/mol. The molecule has 0 amide bonds. The normalized spacial score (nSPS) is 25.7. The highest BCUT2D eigenvalue weighted by atomic mass is 35.5. The van der Waals surface area contributed by atoms with Crippen molar-refractivity contribution in [3.05, 3.63) is 64.6 Å². The molecule has 0 bridgehead atoms. The second-order valence-electron chi connectivity index (χ2n) is 7.74. The summed E-state index contributed by atoms with van der Waals surface area (Å²) in [5.74, 6) is -0.634. The van der Waals surface area contributed by atoms with E-state index in [1.54, 1.807) is 12.1 Å². The molecule has 33 heavy (non-hydrogen) atoms. The van der Waals surface area contributed by atoms with Crippen LogP contribution in [0.15, 0.2) is 42.6 Å². The molecule has 1 saturated heterocycles. The Labute approximate surface area is 191 Å². The molecule has 11 heteroatoms. The molecule has 4 N–H and O–H groups in total. The van der Waals surface area contributed by atoms with Crippen LogP contribution in [-0.4, -0.2) is 62.6 Å². The van der Waals surface area contributed by atoms with Gasteiger partial charge in [0.2, 0.25) is 0 Å². The van der Waals surface area contributed by atoms with E-state index in [4.69, 9.17) is 16.3 Å². The van der Waals surface area contributed by atoms with E-state index in [0.717, 1.165) is 0 Å². The van der Waals surface area contributed by atoms with Gasteiger partial charge in [-0.15, -0.1) is 0 Å². The lowest BCUT2D eigenvalue weighted by atomic mass is 9.91. The van der Waals surface area contributed by atoms with Gasteiger partial charge < -0.3 is 34.5 Å². The largest absolute Gasteiger partial charge is 0.435 e. The van der Waals surface area contributed by atoms with Crippen molar-refractivity contribution in [1.82, 2.24) is 4.57 Å². The van der Waals surface area contributed by atoms with Gasteiger partial charge in [-0.1, -0.05) is 23.7 Å². The average Bonchev–Trinajstić information content (AvgIpc) is 3.16. The molecule has 5 atom stereocenters. The first-order valence-corrected chi connectivity index (χ1v) is 10.4. The van der Waals surface area contributed by atoms with Gasteiger partial charge in [-0.05, 0) is 29.8 Å². The van der Waals surface area contributed by atoms with Crippen LogP contribution < -0.4 is 4.74 Å². The van der Waals surface area contributed by atoms with Crippen molar-refractivity contribution in [2.75, 3.05) is 6.61 Å². The van der Waals surface area contributed by atoms with Gasteiger partial charge in [-0.3, -0.25) is 0 Å². The van der Waals surface area contributed by atoms with Gasteiger partial charge in [0.15, 0.2) is 0 Å². The van der Waals surface area contributed by atoms with E-state index in [1.165, 1.54) is 35.0 Å². The first kappa shape index (κ1) is 23.8. The van der Waals surface area contributed by atoms with Crippen molar-refractivity contribution in [2.24, 2.45) is 0 Å². The predicted octanol–water partition coefficient (Wildman–Crippen LogP) is 2.60. The average molecular weight is 488 g/mol. The highest BCUT2D eigenvalue weighted by molar-refractivity contribution is 6.35. The first-order valence-electron chi connectivity index (χ1n) is 10.0. The van der Waals surface area contributed by atoms with Crippen molar-refractivity contribution in [3.8, 4) is 5.75 Å². The molecule has 0 aliphatic carbocycles. The van der Waals surface area contributed by atoms with Crippen LogP contribution in [0.2, 0.25) is 5.02 Å². The van der Waals surface area contributed by atoms with Crippen molar-refractivity contribution in [1.29, 1.82) is 0 Å². The molecule has 2 heterocycles. The second kappa shape index (κ2) is 9.49. The third-order valence-corrected chi connectivity index (χ3v) is 5.96. The summed E-state index contributed by atoms with van der Waals surface area (Å²) >= 11 is 6.36. The Morgan fingerprint density at radius 1 is 1.03 bits per heavy atom. The molecule has 1 aromatic heterocycles. The first-order chi connectivity index (χ1) is 15.7. The Kier molecular flexibility index (Phi) is 6.85. The molecule has 0 radical (unpaired) electrons. The Bertz CT molecular complexity index is 1120. The minimum absolute atomic E-state index is 0.0256. The Balaban J connectivity index is 1.76. The maximum absolute atomic E-state index is 14.9. The van der Waals surface area contributed by atoms with Gasteiger partial charge in [-0.25, -0.2) is 4.39 Å². The Morgan fingerprint density at radius 3 is 2.36 bits per heavy atom. The van der Waals surface area contributed by atoms with Crippen molar-refractivity contribution < 1.29 is 43.1 Å². The summed E-state index contributed by atoms with van der Waals surface area (Å²) < 4.78 is 51.1. The Hall–Kier alpha value is -2.34. The molecule has 7 nitrogen and oxygen atoms in total. The third-order valence-electron chi connectivity index (χ3n) is 5.65. The molecule has 1 fully saturated rings. The van der Waals surface area contributed by atoms with Crippen LogP contribution >= 0.6 is 11.6 Å². The second-order valence-corrected chi connectivity index (χ2v) is 8.14. The quantitative estimate of drug-likeness (QED) is 0.426. The summed E-state index contributed by atoms with van der Waals surface area (Å²) in [6.45, 7) is -3.46. The molecule has 4 rings (SSSR count). The van der Waals surface area contributed by atoms with Crippen LogP contribution in [0.4, 0.5) is 13.2 Å². The zero-order valence-corrected chi connectivity index (χ0v) is 17.7. The number of hydrogen-bond acceptors (Lipinski definition) is 6. The zero-order chi connectivity index (χ0) is 23.9. The van der Waals surface area contributed by atoms with E-state index in [1.807, 2.05) is 0 Å². The minimum atomic E-state index is -2.96. The SMILES string of the molecule is OC[C@H]1O[C@@H](c2cn(Cc3ccc(OC(F)F)cc3)c3c(F)ccc(Cl)c23)[C@H](O)[C@@H](O)[C@@H]1O. The number of alkyl halides is 2. The number of halogens is 4. The lowest BCUT2D eigenvalue weighted by Crippen LogP contribution is -2.55. The summed E-state index contributed by atoms with van der Waals surface area (Å²) in [4.78, 5) is 0. The fraction of sp³-hybridized carbons (Fsp3) is 0.364. The number of ether oxygens (including phenoxy) is 2. The number of rotatable bonds is 6. The van der Waals surface area contributed by atoms with Crippen LogP contribution in [0.5, 0.6) is 5.75 Å². The molecule has 0 saturated carbocycles. The lowest BCUT2D eigenvalue weighted by molar-refractivity contribution is -0.231. The fourth-order valence-corrected chi connectivity index (χ4v) is 4.33. The molecular formula is C22H21ClF3NO6. The van der Waals surface area contributed by atoms with Gasteiger partial charge in [0.1, 0.15) is 42.1 Å². The van der Waals surface area contributed by atoms with Crippen molar-refractivity contribution >= 4 is 22.5 Å². The molecule has 2 aromatic carbocycles. The zero-order valence-electron chi connectivity index (χ0n) is 17.0. The standard InChI is InChI=1S/C22H21ClF3NO6/c23-13-5-6-14(24)17-16(13)12(21-20(31)19(30)18(29)15(9-28)33-21)8-27(17)7-10-1-3-11(4-2-10)32-22(25)26/h1-6,8,15,18-22,28-31H,7,9H2/t15-,18-,19+,20-,21+/m1/s1. The summed E-state index contributed by atoms with van der Waals surface area (Å²) in [6, 6.07) is 8.31. The van der Waals surface area contributed by atoms with E-state index in [9.17, 15) is 33.6 Å². The maximum Gasteiger partial charge on any atom is 0.387 e. The molecule has 178 valence electrons. The molecular weight excluding hydrogens is 467 g/mol. The van der Waals surface area contributed by atoms with Crippen LogP contribution in [0.3, 0.4) is 0 Å². The third kappa shape index (κ3) is 4.54. The molecule has 1 aliphatic rings. The number of hydrogen-bond donors (Lipinski definition) is 4. The number of aliphatic hydroxyl groups is 4. The van der Waals surface area contributed by atoms with Crippen LogP contribution in [0, 0.1) is 5.82 Å². The summed E-state index contributed by atoms with van der Waals surface area (Å²) in [6.07, 6.45) is -5.61. The van der Waals surface area contributed by atoms with Crippen LogP contribution in [0.1, 0.15) is 17.2 Å². The van der Waals surface area contributed by atoms with E-state index < -0.39 is 49.6 Å². The number of fused-ring (bicyclic) bond motifs is 1. The monoisotopic (exact) mass is 487 g/mol.